The van der Waals surface area contributed by atoms with Gasteiger partial charge in [0.15, 0.2) is 5.82 Å². The number of carbonyl (C=O) groups excluding carboxylic acids is 1. The SMILES string of the molecule is CNc1cc(-c2cncc(-c3cccc(C(=O)NC4CCOCC4)c3)c2)nc(-c2ccccn2)n1. The second kappa shape index (κ2) is 10.4. The van der Waals surface area contributed by atoms with E-state index in [0.717, 1.165) is 35.2 Å². The van der Waals surface area contributed by atoms with Crippen LogP contribution in [0.15, 0.2) is 73.2 Å². The van der Waals surface area contributed by atoms with Gasteiger partial charge in [-0.1, -0.05) is 18.2 Å². The standard InChI is InChI=1S/C27H26N6O2/c1-28-25-15-24(32-26(33-25)23-7-2-3-10-30-23)21-14-20(16-29-17-21)18-5-4-6-19(13-18)27(34)31-22-8-11-35-12-9-22/h2-7,10,13-17,22H,8-9,11-12H2,1H3,(H,31,34)(H,28,32,33). The molecule has 5 rings (SSSR count). The van der Waals surface area contributed by atoms with Crippen LogP contribution in [0.4, 0.5) is 5.82 Å². The van der Waals surface area contributed by atoms with Gasteiger partial charge in [-0.05, 0) is 48.7 Å². The predicted octanol–water partition coefficient (Wildman–Crippen LogP) is 4.22. The van der Waals surface area contributed by atoms with Gasteiger partial charge in [0.25, 0.3) is 5.91 Å². The number of carbonyl (C=O) groups is 1. The third kappa shape index (κ3) is 5.33. The normalized spacial score (nSPS) is 13.9. The summed E-state index contributed by atoms with van der Waals surface area (Å²) >= 11 is 0. The fourth-order valence-corrected chi connectivity index (χ4v) is 4.02. The van der Waals surface area contributed by atoms with Gasteiger partial charge in [-0.2, -0.15) is 0 Å². The summed E-state index contributed by atoms with van der Waals surface area (Å²) in [4.78, 5) is 31.0. The summed E-state index contributed by atoms with van der Waals surface area (Å²) < 4.78 is 5.38. The second-order valence-electron chi connectivity index (χ2n) is 8.33. The van der Waals surface area contributed by atoms with E-state index in [4.69, 9.17) is 9.72 Å². The zero-order valence-corrected chi connectivity index (χ0v) is 19.4. The van der Waals surface area contributed by atoms with Crippen LogP contribution in [0.25, 0.3) is 33.9 Å². The summed E-state index contributed by atoms with van der Waals surface area (Å²) in [7, 11) is 1.82. The van der Waals surface area contributed by atoms with E-state index < -0.39 is 0 Å². The molecular formula is C27H26N6O2. The maximum atomic E-state index is 12.8. The number of anilines is 1. The van der Waals surface area contributed by atoms with Crippen LogP contribution in [0.2, 0.25) is 0 Å². The molecule has 0 aliphatic carbocycles. The van der Waals surface area contributed by atoms with Crippen molar-refractivity contribution in [3.8, 4) is 33.9 Å². The zero-order valence-electron chi connectivity index (χ0n) is 19.4. The maximum absolute atomic E-state index is 12.8. The quantitative estimate of drug-likeness (QED) is 0.439. The number of hydrogen-bond acceptors (Lipinski definition) is 7. The van der Waals surface area contributed by atoms with E-state index in [1.807, 2.05) is 61.6 Å². The molecule has 0 radical (unpaired) electrons. The van der Waals surface area contributed by atoms with Crippen molar-refractivity contribution in [3.05, 3.63) is 78.8 Å². The molecule has 0 bridgehead atoms. The van der Waals surface area contributed by atoms with Gasteiger partial charge in [0, 0.05) is 67.7 Å². The van der Waals surface area contributed by atoms with Crippen molar-refractivity contribution in [2.24, 2.45) is 0 Å². The van der Waals surface area contributed by atoms with Gasteiger partial charge < -0.3 is 15.4 Å². The third-order valence-corrected chi connectivity index (χ3v) is 5.92. The minimum Gasteiger partial charge on any atom is -0.381 e. The molecule has 1 fully saturated rings. The van der Waals surface area contributed by atoms with Crippen LogP contribution < -0.4 is 10.6 Å². The van der Waals surface area contributed by atoms with E-state index in [1.165, 1.54) is 0 Å². The minimum atomic E-state index is -0.0719. The molecular weight excluding hydrogens is 440 g/mol. The van der Waals surface area contributed by atoms with Crippen molar-refractivity contribution in [1.82, 2.24) is 25.3 Å². The number of aromatic nitrogens is 4. The number of amides is 1. The van der Waals surface area contributed by atoms with Crippen LogP contribution in [0.1, 0.15) is 23.2 Å². The summed E-state index contributed by atoms with van der Waals surface area (Å²) in [6.07, 6.45) is 6.96. The van der Waals surface area contributed by atoms with Crippen LogP contribution in [-0.2, 0) is 4.74 Å². The van der Waals surface area contributed by atoms with Gasteiger partial charge in [0.1, 0.15) is 11.5 Å². The summed E-state index contributed by atoms with van der Waals surface area (Å²) in [6.45, 7) is 1.37. The highest BCUT2D eigenvalue weighted by molar-refractivity contribution is 5.95. The van der Waals surface area contributed by atoms with Crippen LogP contribution in [0.3, 0.4) is 0 Å². The number of pyridine rings is 2. The third-order valence-electron chi connectivity index (χ3n) is 5.92. The predicted molar refractivity (Wildman–Crippen MR) is 135 cm³/mol. The Morgan fingerprint density at radius 1 is 0.914 bits per heavy atom. The molecule has 3 aromatic heterocycles. The van der Waals surface area contributed by atoms with Crippen LogP contribution in [-0.4, -0.2) is 52.1 Å². The molecule has 4 aromatic rings. The van der Waals surface area contributed by atoms with E-state index in [2.05, 4.69) is 25.6 Å². The molecule has 0 saturated carbocycles. The Kier molecular flexibility index (Phi) is 6.72. The van der Waals surface area contributed by atoms with Crippen molar-refractivity contribution in [2.45, 2.75) is 18.9 Å². The highest BCUT2D eigenvalue weighted by atomic mass is 16.5. The second-order valence-corrected chi connectivity index (χ2v) is 8.33. The van der Waals surface area contributed by atoms with E-state index in [-0.39, 0.29) is 11.9 Å². The molecule has 176 valence electrons. The number of nitrogens with zero attached hydrogens (tertiary/aromatic N) is 4. The molecule has 4 heterocycles. The number of nitrogens with one attached hydrogen (secondary N) is 2. The van der Waals surface area contributed by atoms with Crippen LogP contribution >= 0.6 is 0 Å². The monoisotopic (exact) mass is 466 g/mol. The number of benzene rings is 1. The first-order valence-corrected chi connectivity index (χ1v) is 11.6. The molecule has 35 heavy (non-hydrogen) atoms. The first kappa shape index (κ1) is 22.6. The van der Waals surface area contributed by atoms with E-state index in [0.29, 0.717) is 36.1 Å². The fourth-order valence-electron chi connectivity index (χ4n) is 4.02. The van der Waals surface area contributed by atoms with Gasteiger partial charge in [-0.15, -0.1) is 0 Å². The lowest BCUT2D eigenvalue weighted by Gasteiger charge is -2.23. The summed E-state index contributed by atoms with van der Waals surface area (Å²) in [6, 6.07) is 17.3. The molecule has 2 N–H and O–H groups in total. The van der Waals surface area contributed by atoms with E-state index in [1.54, 1.807) is 18.6 Å². The molecule has 1 aromatic carbocycles. The van der Waals surface area contributed by atoms with E-state index in [9.17, 15) is 4.79 Å². The molecule has 1 saturated heterocycles. The molecule has 8 heteroatoms. The van der Waals surface area contributed by atoms with Gasteiger partial charge in [-0.3, -0.25) is 14.8 Å². The Bertz CT molecular complexity index is 1320. The highest BCUT2D eigenvalue weighted by Gasteiger charge is 2.17. The van der Waals surface area contributed by atoms with Crippen LogP contribution in [0, 0.1) is 0 Å². The molecule has 1 amide bonds. The highest BCUT2D eigenvalue weighted by Crippen LogP contribution is 2.27. The van der Waals surface area contributed by atoms with Crippen molar-refractivity contribution in [3.63, 3.8) is 0 Å². The Morgan fingerprint density at radius 3 is 2.57 bits per heavy atom. The van der Waals surface area contributed by atoms with Crippen LogP contribution in [0.5, 0.6) is 0 Å². The topological polar surface area (TPSA) is 102 Å². The number of rotatable bonds is 6. The van der Waals surface area contributed by atoms with Gasteiger partial charge in [-0.25, -0.2) is 9.97 Å². The lowest BCUT2D eigenvalue weighted by atomic mass is 10.0. The van der Waals surface area contributed by atoms with Crippen molar-refractivity contribution >= 4 is 11.7 Å². The van der Waals surface area contributed by atoms with E-state index >= 15 is 0 Å². The average Bonchev–Trinajstić information content (AvgIpc) is 2.94. The molecule has 0 atom stereocenters. The van der Waals surface area contributed by atoms with Crippen molar-refractivity contribution in [2.75, 3.05) is 25.6 Å². The Morgan fingerprint density at radius 2 is 1.77 bits per heavy atom. The number of hydrogen-bond donors (Lipinski definition) is 2. The molecule has 8 nitrogen and oxygen atoms in total. The molecule has 1 aliphatic rings. The Labute approximate surface area is 203 Å². The van der Waals surface area contributed by atoms with Gasteiger partial charge >= 0.3 is 0 Å². The Hall–Kier alpha value is -4.17. The van der Waals surface area contributed by atoms with Gasteiger partial charge in [0.2, 0.25) is 0 Å². The summed E-state index contributed by atoms with van der Waals surface area (Å²) in [5, 5.41) is 6.22. The average molecular weight is 467 g/mol. The summed E-state index contributed by atoms with van der Waals surface area (Å²) in [5.74, 6) is 1.15. The largest absolute Gasteiger partial charge is 0.381 e. The molecule has 0 spiro atoms. The van der Waals surface area contributed by atoms with Crippen molar-refractivity contribution < 1.29 is 9.53 Å². The molecule has 0 unspecified atom stereocenters. The first-order valence-electron chi connectivity index (χ1n) is 11.6. The maximum Gasteiger partial charge on any atom is 0.251 e. The lowest BCUT2D eigenvalue weighted by Crippen LogP contribution is -2.38. The smallest absolute Gasteiger partial charge is 0.251 e. The number of ether oxygens (including phenoxy) is 1. The van der Waals surface area contributed by atoms with Gasteiger partial charge in [0.05, 0.1) is 5.69 Å². The summed E-state index contributed by atoms with van der Waals surface area (Å²) in [5.41, 5.74) is 4.69. The van der Waals surface area contributed by atoms with Crippen molar-refractivity contribution in [1.29, 1.82) is 0 Å². The fraction of sp³-hybridized carbons (Fsp3) is 0.222. The lowest BCUT2D eigenvalue weighted by molar-refractivity contribution is 0.0696. The molecule has 1 aliphatic heterocycles. The first-order chi connectivity index (χ1) is 17.2. The minimum absolute atomic E-state index is 0.0719. The Balaban J connectivity index is 1.44. The zero-order chi connectivity index (χ0) is 24.0.